The van der Waals surface area contributed by atoms with Gasteiger partial charge in [-0.3, -0.25) is 0 Å². The first kappa shape index (κ1) is 15.8. The van der Waals surface area contributed by atoms with Crippen LogP contribution in [-0.2, 0) is 4.79 Å². The van der Waals surface area contributed by atoms with Gasteiger partial charge in [-0.2, -0.15) is 0 Å². The second kappa shape index (κ2) is 6.23. The van der Waals surface area contributed by atoms with E-state index in [0.717, 1.165) is 19.3 Å². The molecule has 1 rings (SSSR count). The van der Waals surface area contributed by atoms with Crippen molar-refractivity contribution in [2.75, 3.05) is 20.1 Å². The third-order valence-electron chi connectivity index (χ3n) is 3.23. The van der Waals surface area contributed by atoms with Gasteiger partial charge in [-0.05, 0) is 26.7 Å². The van der Waals surface area contributed by atoms with Crippen molar-refractivity contribution in [1.29, 1.82) is 0 Å². The summed E-state index contributed by atoms with van der Waals surface area (Å²) in [5.41, 5.74) is -0.991. The van der Waals surface area contributed by atoms with Crippen molar-refractivity contribution in [1.82, 2.24) is 9.80 Å². The summed E-state index contributed by atoms with van der Waals surface area (Å²) in [6.45, 7) is 3.88. The number of amides is 2. The highest BCUT2D eigenvalue weighted by Gasteiger charge is 2.33. The van der Waals surface area contributed by atoms with Crippen LogP contribution < -0.4 is 0 Å². The fourth-order valence-electron chi connectivity index (χ4n) is 2.46. The summed E-state index contributed by atoms with van der Waals surface area (Å²) in [7, 11) is 1.59. The van der Waals surface area contributed by atoms with Crippen LogP contribution in [0.25, 0.3) is 0 Å². The Morgan fingerprint density at radius 1 is 1.32 bits per heavy atom. The highest BCUT2D eigenvalue weighted by atomic mass is 16.4. The zero-order valence-electron chi connectivity index (χ0n) is 11.9. The van der Waals surface area contributed by atoms with E-state index >= 15 is 0 Å². The Morgan fingerprint density at radius 3 is 2.47 bits per heavy atom. The van der Waals surface area contributed by atoms with Crippen LogP contribution in [0.1, 0.15) is 39.5 Å². The van der Waals surface area contributed by atoms with Crippen molar-refractivity contribution in [2.45, 2.75) is 51.2 Å². The molecule has 110 valence electrons. The number of likely N-dealkylation sites (tertiary alicyclic amines) is 1. The summed E-state index contributed by atoms with van der Waals surface area (Å²) in [6, 6.07) is -1.07. The van der Waals surface area contributed by atoms with Crippen LogP contribution in [0.5, 0.6) is 0 Å². The zero-order chi connectivity index (χ0) is 14.6. The highest BCUT2D eigenvalue weighted by Crippen LogP contribution is 2.19. The normalized spacial score (nSPS) is 20.8. The fourth-order valence-corrected chi connectivity index (χ4v) is 2.46. The average molecular weight is 272 g/mol. The molecule has 0 bridgehead atoms. The minimum atomic E-state index is -0.991. The van der Waals surface area contributed by atoms with Crippen molar-refractivity contribution in [3.8, 4) is 0 Å². The molecule has 1 aliphatic heterocycles. The van der Waals surface area contributed by atoms with E-state index in [1.807, 2.05) is 0 Å². The molecule has 1 saturated heterocycles. The molecule has 0 saturated carbocycles. The maximum atomic E-state index is 12.3. The van der Waals surface area contributed by atoms with Gasteiger partial charge in [-0.1, -0.05) is 12.8 Å². The minimum absolute atomic E-state index is 0.175. The fraction of sp³-hybridized carbons (Fsp3) is 0.846. The van der Waals surface area contributed by atoms with Crippen molar-refractivity contribution in [3.05, 3.63) is 0 Å². The van der Waals surface area contributed by atoms with Crippen LogP contribution in [0.15, 0.2) is 0 Å². The minimum Gasteiger partial charge on any atom is -0.480 e. The Hall–Kier alpha value is -1.30. The van der Waals surface area contributed by atoms with Gasteiger partial charge in [0.2, 0.25) is 0 Å². The number of rotatable bonds is 3. The molecular formula is C13H24N2O4. The average Bonchev–Trinajstić information content (AvgIpc) is 2.50. The van der Waals surface area contributed by atoms with Crippen LogP contribution in [-0.4, -0.2) is 63.8 Å². The number of hydrogen-bond acceptors (Lipinski definition) is 3. The van der Waals surface area contributed by atoms with Crippen molar-refractivity contribution < 1.29 is 19.8 Å². The molecule has 1 unspecified atom stereocenters. The van der Waals surface area contributed by atoms with E-state index in [0.29, 0.717) is 13.0 Å². The number of likely N-dealkylation sites (N-methyl/N-ethyl adjacent to an activating group) is 1. The lowest BCUT2D eigenvalue weighted by atomic mass is 10.1. The maximum absolute atomic E-state index is 12.3. The lowest BCUT2D eigenvalue weighted by Crippen LogP contribution is -2.52. The standard InChI is InChI=1S/C13H24N2O4/c1-13(2,19)9-14(3)12(18)15-8-6-4-5-7-10(15)11(16)17/h10,19H,4-9H2,1-3H3,(H,16,17). The number of urea groups is 1. The van der Waals surface area contributed by atoms with Crippen LogP contribution in [0.3, 0.4) is 0 Å². The topological polar surface area (TPSA) is 81.1 Å². The van der Waals surface area contributed by atoms with Gasteiger partial charge >= 0.3 is 12.0 Å². The quantitative estimate of drug-likeness (QED) is 0.807. The predicted octanol–water partition coefficient (Wildman–Crippen LogP) is 1.14. The summed E-state index contributed by atoms with van der Waals surface area (Å²) in [6.07, 6.45) is 3.10. The zero-order valence-corrected chi connectivity index (χ0v) is 11.9. The number of carbonyl (C=O) groups excluding carboxylic acids is 1. The Morgan fingerprint density at radius 2 is 1.95 bits per heavy atom. The molecule has 1 atom stereocenters. The van der Waals surface area contributed by atoms with Gasteiger partial charge in [-0.25, -0.2) is 9.59 Å². The molecule has 0 aromatic rings. The van der Waals surface area contributed by atoms with Gasteiger partial charge in [0.25, 0.3) is 0 Å². The van der Waals surface area contributed by atoms with Gasteiger partial charge in [0.15, 0.2) is 0 Å². The summed E-state index contributed by atoms with van der Waals surface area (Å²) in [4.78, 5) is 26.4. The lowest BCUT2D eigenvalue weighted by Gasteiger charge is -2.33. The molecule has 1 aliphatic rings. The van der Waals surface area contributed by atoms with Gasteiger partial charge < -0.3 is 20.0 Å². The number of carbonyl (C=O) groups is 2. The van der Waals surface area contributed by atoms with Gasteiger partial charge in [0.05, 0.1) is 12.1 Å². The lowest BCUT2D eigenvalue weighted by molar-refractivity contribution is -0.142. The van der Waals surface area contributed by atoms with Crippen LogP contribution >= 0.6 is 0 Å². The summed E-state index contributed by atoms with van der Waals surface area (Å²) in [5, 5.41) is 19.0. The molecular weight excluding hydrogens is 248 g/mol. The Kier molecular flexibility index (Phi) is 5.17. The SMILES string of the molecule is CN(CC(C)(C)O)C(=O)N1CCCCCC1C(=O)O. The van der Waals surface area contributed by atoms with Gasteiger partial charge in [0.1, 0.15) is 6.04 Å². The first-order valence-corrected chi connectivity index (χ1v) is 6.69. The second-order valence-electron chi connectivity index (χ2n) is 5.85. The van der Waals surface area contributed by atoms with Gasteiger partial charge in [0, 0.05) is 13.6 Å². The van der Waals surface area contributed by atoms with E-state index in [-0.39, 0.29) is 12.6 Å². The molecule has 0 aromatic heterocycles. The third kappa shape index (κ3) is 4.70. The first-order chi connectivity index (χ1) is 8.72. The van der Waals surface area contributed by atoms with E-state index in [2.05, 4.69) is 0 Å². The molecule has 0 aliphatic carbocycles. The summed E-state index contributed by atoms with van der Waals surface area (Å²) in [5.74, 6) is -0.952. The molecule has 2 N–H and O–H groups in total. The monoisotopic (exact) mass is 272 g/mol. The van der Waals surface area contributed by atoms with E-state index in [1.54, 1.807) is 20.9 Å². The highest BCUT2D eigenvalue weighted by molar-refractivity contribution is 5.82. The van der Waals surface area contributed by atoms with E-state index in [1.165, 1.54) is 9.80 Å². The molecule has 2 amide bonds. The number of aliphatic carboxylic acids is 1. The molecule has 6 nitrogen and oxygen atoms in total. The largest absolute Gasteiger partial charge is 0.480 e. The molecule has 6 heteroatoms. The molecule has 1 heterocycles. The Bertz CT molecular complexity index is 338. The van der Waals surface area contributed by atoms with E-state index in [9.17, 15) is 19.8 Å². The molecule has 1 fully saturated rings. The van der Waals surface area contributed by atoms with Crippen molar-refractivity contribution in [3.63, 3.8) is 0 Å². The Balaban J connectivity index is 2.78. The Labute approximate surface area is 114 Å². The summed E-state index contributed by atoms with van der Waals surface area (Å²) < 4.78 is 0. The van der Waals surface area contributed by atoms with Crippen molar-refractivity contribution in [2.24, 2.45) is 0 Å². The van der Waals surface area contributed by atoms with Crippen LogP contribution in [0, 0.1) is 0 Å². The molecule has 0 radical (unpaired) electrons. The number of hydrogen-bond donors (Lipinski definition) is 2. The second-order valence-corrected chi connectivity index (χ2v) is 5.85. The van der Waals surface area contributed by atoms with Crippen LogP contribution in [0.2, 0.25) is 0 Å². The summed E-state index contributed by atoms with van der Waals surface area (Å²) >= 11 is 0. The van der Waals surface area contributed by atoms with Crippen molar-refractivity contribution >= 4 is 12.0 Å². The number of carboxylic acids is 1. The van der Waals surface area contributed by atoms with E-state index < -0.39 is 17.6 Å². The first-order valence-electron chi connectivity index (χ1n) is 6.69. The predicted molar refractivity (Wildman–Crippen MR) is 70.9 cm³/mol. The molecule has 0 aromatic carbocycles. The number of carboxylic acid groups (broad SMARTS) is 1. The van der Waals surface area contributed by atoms with E-state index in [4.69, 9.17) is 0 Å². The third-order valence-corrected chi connectivity index (χ3v) is 3.23. The molecule has 19 heavy (non-hydrogen) atoms. The molecule has 0 spiro atoms. The van der Waals surface area contributed by atoms with Crippen LogP contribution in [0.4, 0.5) is 4.79 Å². The number of nitrogens with zero attached hydrogens (tertiary/aromatic N) is 2. The maximum Gasteiger partial charge on any atom is 0.326 e. The number of aliphatic hydroxyl groups is 1. The smallest absolute Gasteiger partial charge is 0.326 e. The van der Waals surface area contributed by atoms with Gasteiger partial charge in [-0.15, -0.1) is 0 Å².